The molecule has 2 aromatic carbocycles. The maximum atomic E-state index is 13.2. The molecule has 28 heavy (non-hydrogen) atoms. The van der Waals surface area contributed by atoms with E-state index in [1.807, 2.05) is 37.3 Å². The fourth-order valence-corrected chi connectivity index (χ4v) is 3.57. The van der Waals surface area contributed by atoms with Gasteiger partial charge in [-0.1, -0.05) is 36.7 Å². The molecule has 0 bridgehead atoms. The summed E-state index contributed by atoms with van der Waals surface area (Å²) in [5.41, 5.74) is 2.61. The fraction of sp³-hybridized carbons (Fsp3) is 0.190. The van der Waals surface area contributed by atoms with Crippen LogP contribution in [0, 0.1) is 0 Å². The normalized spacial score (nSPS) is 11.2. The van der Waals surface area contributed by atoms with Crippen LogP contribution in [0.5, 0.6) is 0 Å². The van der Waals surface area contributed by atoms with E-state index in [2.05, 4.69) is 5.10 Å². The predicted octanol–water partition coefficient (Wildman–Crippen LogP) is 3.90. The van der Waals surface area contributed by atoms with Crippen LogP contribution in [0.4, 0.5) is 5.69 Å². The van der Waals surface area contributed by atoms with Gasteiger partial charge in [-0.05, 0) is 36.8 Å². The van der Waals surface area contributed by atoms with E-state index in [0.717, 1.165) is 17.5 Å². The maximum absolute atomic E-state index is 13.2. The second-order valence-electron chi connectivity index (χ2n) is 6.62. The molecule has 4 aromatic rings. The Morgan fingerprint density at radius 2 is 1.82 bits per heavy atom. The van der Waals surface area contributed by atoms with Gasteiger partial charge in [0.15, 0.2) is 5.69 Å². The lowest BCUT2D eigenvalue weighted by Crippen LogP contribution is -2.32. The lowest BCUT2D eigenvalue weighted by molar-refractivity contribution is 0.0982. The first-order chi connectivity index (χ1) is 13.5. The Bertz CT molecular complexity index is 1260. The molecular formula is C21H19ClN4O2. The van der Waals surface area contributed by atoms with Gasteiger partial charge in [-0.3, -0.25) is 9.59 Å². The zero-order valence-corrected chi connectivity index (χ0v) is 16.3. The number of hydrogen-bond donors (Lipinski definition) is 0. The highest BCUT2D eigenvalue weighted by molar-refractivity contribution is 6.31. The van der Waals surface area contributed by atoms with Crippen molar-refractivity contribution >= 4 is 39.7 Å². The second-order valence-corrected chi connectivity index (χ2v) is 7.05. The van der Waals surface area contributed by atoms with Crippen LogP contribution in [0.25, 0.3) is 16.6 Å². The van der Waals surface area contributed by atoms with E-state index in [1.165, 1.54) is 0 Å². The first-order valence-electron chi connectivity index (χ1n) is 9.06. The number of benzene rings is 2. The van der Waals surface area contributed by atoms with Gasteiger partial charge in [0.2, 0.25) is 0 Å². The van der Waals surface area contributed by atoms with Crippen molar-refractivity contribution in [2.75, 3.05) is 11.4 Å². The van der Waals surface area contributed by atoms with Crippen LogP contribution >= 0.6 is 11.6 Å². The van der Waals surface area contributed by atoms with E-state index in [1.54, 1.807) is 45.3 Å². The molecule has 0 saturated carbocycles. The van der Waals surface area contributed by atoms with E-state index in [9.17, 15) is 9.59 Å². The third-order valence-corrected chi connectivity index (χ3v) is 4.97. The number of fused-ring (bicyclic) bond motifs is 3. The smallest absolute Gasteiger partial charge is 0.278 e. The van der Waals surface area contributed by atoms with E-state index in [-0.39, 0.29) is 17.2 Å². The zero-order chi connectivity index (χ0) is 19.8. The maximum Gasteiger partial charge on any atom is 0.278 e. The summed E-state index contributed by atoms with van der Waals surface area (Å²) in [6.45, 7) is 2.52. The Labute approximate surface area is 166 Å². The van der Waals surface area contributed by atoms with Crippen molar-refractivity contribution in [2.24, 2.45) is 7.05 Å². The topological polar surface area (TPSA) is 59.6 Å². The number of carbonyl (C=O) groups excluding carboxylic acids is 1. The summed E-state index contributed by atoms with van der Waals surface area (Å²) in [5.74, 6) is -0.265. The van der Waals surface area contributed by atoms with Crippen LogP contribution in [0.3, 0.4) is 0 Å². The highest BCUT2D eigenvalue weighted by atomic mass is 35.5. The van der Waals surface area contributed by atoms with Crippen molar-refractivity contribution < 1.29 is 4.79 Å². The largest absolute Gasteiger partial charge is 0.308 e. The summed E-state index contributed by atoms with van der Waals surface area (Å²) in [7, 11) is 1.72. The molecule has 0 aliphatic rings. The van der Waals surface area contributed by atoms with Crippen molar-refractivity contribution in [1.82, 2.24) is 14.2 Å². The van der Waals surface area contributed by atoms with Gasteiger partial charge in [-0.15, -0.1) is 0 Å². The molecule has 1 amide bonds. The Balaban J connectivity index is 1.88. The summed E-state index contributed by atoms with van der Waals surface area (Å²) >= 11 is 6.11. The Hall–Kier alpha value is -3.12. The minimum absolute atomic E-state index is 0.199. The average molecular weight is 395 g/mol. The van der Waals surface area contributed by atoms with Crippen LogP contribution in [-0.4, -0.2) is 26.6 Å². The number of halogens is 1. The number of anilines is 1. The molecule has 0 aliphatic heterocycles. The van der Waals surface area contributed by atoms with E-state index in [4.69, 9.17) is 11.6 Å². The standard InChI is InChI=1S/C21H19ClN4O2/c1-3-11-25(15-8-6-7-14(22)12-15)20(27)16-13-19-21(28)24(2)17-9-4-5-10-18(17)26(19)23-16/h4-10,12-13H,3,11H2,1-2H3. The molecule has 142 valence electrons. The lowest BCUT2D eigenvalue weighted by Gasteiger charge is -2.21. The highest BCUT2D eigenvalue weighted by Gasteiger charge is 2.22. The number of amides is 1. The van der Waals surface area contributed by atoms with E-state index < -0.39 is 0 Å². The second kappa shape index (κ2) is 7.13. The molecule has 0 saturated heterocycles. The van der Waals surface area contributed by atoms with E-state index >= 15 is 0 Å². The number of hydrogen-bond acceptors (Lipinski definition) is 3. The first kappa shape index (κ1) is 18.3. The van der Waals surface area contributed by atoms with Gasteiger partial charge in [0.25, 0.3) is 11.5 Å². The van der Waals surface area contributed by atoms with Crippen molar-refractivity contribution in [3.63, 3.8) is 0 Å². The van der Waals surface area contributed by atoms with Crippen LogP contribution in [0.15, 0.2) is 59.4 Å². The van der Waals surface area contributed by atoms with Crippen LogP contribution in [-0.2, 0) is 7.05 Å². The number of rotatable bonds is 4. The molecule has 0 radical (unpaired) electrons. The number of carbonyl (C=O) groups is 1. The van der Waals surface area contributed by atoms with Gasteiger partial charge in [0, 0.05) is 30.4 Å². The summed E-state index contributed by atoms with van der Waals surface area (Å²) in [5, 5.41) is 5.03. The molecule has 7 heteroatoms. The monoisotopic (exact) mass is 394 g/mol. The summed E-state index contributed by atoms with van der Waals surface area (Å²) < 4.78 is 3.12. The van der Waals surface area contributed by atoms with Crippen LogP contribution < -0.4 is 10.5 Å². The Morgan fingerprint density at radius 3 is 2.54 bits per heavy atom. The minimum atomic E-state index is -0.265. The molecule has 6 nitrogen and oxygen atoms in total. The lowest BCUT2D eigenvalue weighted by atomic mass is 10.2. The Morgan fingerprint density at radius 1 is 1.07 bits per heavy atom. The molecule has 2 heterocycles. The van der Waals surface area contributed by atoms with Gasteiger partial charge >= 0.3 is 0 Å². The van der Waals surface area contributed by atoms with Gasteiger partial charge in [0.1, 0.15) is 5.52 Å². The third-order valence-electron chi connectivity index (χ3n) is 4.74. The summed E-state index contributed by atoms with van der Waals surface area (Å²) in [4.78, 5) is 27.6. The zero-order valence-electron chi connectivity index (χ0n) is 15.6. The molecule has 0 atom stereocenters. The van der Waals surface area contributed by atoms with Gasteiger partial charge in [-0.25, -0.2) is 4.52 Å². The summed E-state index contributed by atoms with van der Waals surface area (Å²) in [6.07, 6.45) is 0.774. The summed E-state index contributed by atoms with van der Waals surface area (Å²) in [6, 6.07) is 16.2. The molecule has 0 aliphatic carbocycles. The Kier molecular flexibility index (Phi) is 4.65. The van der Waals surface area contributed by atoms with Crippen molar-refractivity contribution in [2.45, 2.75) is 13.3 Å². The number of para-hydroxylation sites is 2. The average Bonchev–Trinajstić information content (AvgIpc) is 3.15. The molecule has 0 N–H and O–H groups in total. The molecular weight excluding hydrogens is 376 g/mol. The first-order valence-corrected chi connectivity index (χ1v) is 9.44. The highest BCUT2D eigenvalue weighted by Crippen LogP contribution is 2.22. The number of nitrogens with zero attached hydrogens (tertiary/aromatic N) is 4. The fourth-order valence-electron chi connectivity index (χ4n) is 3.38. The van der Waals surface area contributed by atoms with Crippen LogP contribution in [0.1, 0.15) is 23.8 Å². The predicted molar refractivity (Wildman–Crippen MR) is 111 cm³/mol. The van der Waals surface area contributed by atoms with E-state index in [0.29, 0.717) is 22.8 Å². The molecule has 4 rings (SSSR count). The molecule has 0 fully saturated rings. The van der Waals surface area contributed by atoms with Gasteiger partial charge in [-0.2, -0.15) is 5.10 Å². The van der Waals surface area contributed by atoms with Gasteiger partial charge in [0.05, 0.1) is 11.0 Å². The van der Waals surface area contributed by atoms with Crippen LogP contribution in [0.2, 0.25) is 5.02 Å². The molecule has 2 aromatic heterocycles. The van der Waals surface area contributed by atoms with Crippen molar-refractivity contribution in [3.05, 3.63) is 75.7 Å². The SMILES string of the molecule is CCCN(C(=O)c1cc2c(=O)n(C)c3ccccc3n2n1)c1cccc(Cl)c1. The quantitative estimate of drug-likeness (QED) is 0.527. The van der Waals surface area contributed by atoms with Crippen molar-refractivity contribution in [3.8, 4) is 0 Å². The third kappa shape index (κ3) is 2.96. The molecule has 0 unspecified atom stereocenters. The van der Waals surface area contributed by atoms with Gasteiger partial charge < -0.3 is 9.47 Å². The minimum Gasteiger partial charge on any atom is -0.308 e. The molecule has 0 spiro atoms. The van der Waals surface area contributed by atoms with Crippen molar-refractivity contribution in [1.29, 1.82) is 0 Å². The number of aryl methyl sites for hydroxylation is 1. The number of aromatic nitrogens is 3.